The predicted molar refractivity (Wildman–Crippen MR) is 86.0 cm³/mol. The molecule has 23 heavy (non-hydrogen) atoms. The third-order valence-electron chi connectivity index (χ3n) is 3.86. The van der Waals surface area contributed by atoms with Crippen molar-refractivity contribution in [3.63, 3.8) is 0 Å². The van der Waals surface area contributed by atoms with Crippen molar-refractivity contribution in [1.29, 1.82) is 0 Å². The molecule has 1 aliphatic heterocycles. The monoisotopic (exact) mass is 311 g/mol. The summed E-state index contributed by atoms with van der Waals surface area (Å²) in [6.45, 7) is 2.50. The molecule has 1 heterocycles. The highest BCUT2D eigenvalue weighted by atomic mass is 16.5. The molecule has 2 aromatic carbocycles. The Morgan fingerprint density at radius 1 is 1.22 bits per heavy atom. The topological polar surface area (TPSA) is 66.8 Å². The Labute approximate surface area is 134 Å². The van der Waals surface area contributed by atoms with Gasteiger partial charge in [-0.3, -0.25) is 4.79 Å². The number of aryl methyl sites for hydroxylation is 1. The molecule has 118 valence electrons. The number of hydrogen-bond donors (Lipinski definition) is 1. The van der Waals surface area contributed by atoms with Gasteiger partial charge in [-0.1, -0.05) is 23.8 Å². The molecule has 0 aliphatic carbocycles. The van der Waals surface area contributed by atoms with E-state index in [1.807, 2.05) is 31.2 Å². The maximum atomic E-state index is 12.5. The Balaban J connectivity index is 1.75. The first kappa shape index (κ1) is 15.1. The number of aromatic carboxylic acids is 1. The number of ether oxygens (including phenoxy) is 1. The Bertz CT molecular complexity index is 739. The van der Waals surface area contributed by atoms with Gasteiger partial charge in [-0.05, 0) is 37.3 Å². The van der Waals surface area contributed by atoms with E-state index >= 15 is 0 Å². The van der Waals surface area contributed by atoms with Crippen LogP contribution in [0, 0.1) is 6.92 Å². The molecule has 0 aromatic heterocycles. The van der Waals surface area contributed by atoms with Gasteiger partial charge in [0, 0.05) is 18.7 Å². The lowest BCUT2D eigenvalue weighted by Gasteiger charge is -2.17. The van der Waals surface area contributed by atoms with E-state index in [9.17, 15) is 9.59 Å². The molecule has 1 atom stereocenters. The van der Waals surface area contributed by atoms with E-state index in [4.69, 9.17) is 9.84 Å². The summed E-state index contributed by atoms with van der Waals surface area (Å²) in [4.78, 5) is 25.1. The summed E-state index contributed by atoms with van der Waals surface area (Å²) in [7, 11) is 0. The lowest BCUT2D eigenvalue weighted by molar-refractivity contribution is -0.122. The molecular formula is C18H17NO4. The molecule has 0 radical (unpaired) electrons. The van der Waals surface area contributed by atoms with Gasteiger partial charge in [-0.15, -0.1) is 0 Å². The lowest BCUT2D eigenvalue weighted by Crippen LogP contribution is -2.32. The minimum atomic E-state index is -1.01. The second-order valence-electron chi connectivity index (χ2n) is 5.55. The number of carbonyl (C=O) groups is 2. The Morgan fingerprint density at radius 3 is 2.65 bits per heavy atom. The Hall–Kier alpha value is -2.82. The first-order valence-corrected chi connectivity index (χ1v) is 7.42. The number of anilines is 1. The van der Waals surface area contributed by atoms with Crippen molar-refractivity contribution in [2.75, 3.05) is 11.4 Å². The highest BCUT2D eigenvalue weighted by Gasteiger charge is 2.34. The molecule has 5 heteroatoms. The number of benzene rings is 2. The summed E-state index contributed by atoms with van der Waals surface area (Å²) in [6.07, 6.45) is 0.0375. The lowest BCUT2D eigenvalue weighted by atomic mass is 10.2. The summed E-state index contributed by atoms with van der Waals surface area (Å²) < 4.78 is 5.76. The zero-order valence-electron chi connectivity index (χ0n) is 12.7. The van der Waals surface area contributed by atoms with E-state index in [2.05, 4.69) is 0 Å². The Kier molecular flexibility index (Phi) is 4.02. The van der Waals surface area contributed by atoms with Gasteiger partial charge in [-0.25, -0.2) is 4.79 Å². The number of amides is 1. The van der Waals surface area contributed by atoms with Crippen LogP contribution in [0.25, 0.3) is 0 Å². The van der Waals surface area contributed by atoms with Crippen molar-refractivity contribution in [2.24, 2.45) is 0 Å². The quantitative estimate of drug-likeness (QED) is 0.943. The zero-order chi connectivity index (χ0) is 16.4. The molecule has 3 rings (SSSR count). The van der Waals surface area contributed by atoms with Gasteiger partial charge >= 0.3 is 5.97 Å². The van der Waals surface area contributed by atoms with Crippen LogP contribution in [0.3, 0.4) is 0 Å². The molecule has 0 bridgehead atoms. The average molecular weight is 311 g/mol. The minimum absolute atomic E-state index is 0.145. The van der Waals surface area contributed by atoms with Crippen molar-refractivity contribution in [3.05, 3.63) is 59.7 Å². The van der Waals surface area contributed by atoms with Crippen molar-refractivity contribution < 1.29 is 19.4 Å². The largest absolute Gasteiger partial charge is 0.481 e. The number of rotatable bonds is 4. The van der Waals surface area contributed by atoms with Crippen LogP contribution in [-0.4, -0.2) is 29.6 Å². The predicted octanol–water partition coefficient (Wildman–Crippen LogP) is 2.88. The van der Waals surface area contributed by atoms with Crippen molar-refractivity contribution in [3.8, 4) is 5.75 Å². The van der Waals surface area contributed by atoms with Gasteiger partial charge in [0.1, 0.15) is 5.75 Å². The summed E-state index contributed by atoms with van der Waals surface area (Å²) in [5.41, 5.74) is 1.88. The summed E-state index contributed by atoms with van der Waals surface area (Å²) in [5.74, 6) is -0.492. The number of carbonyl (C=O) groups excluding carboxylic acids is 1. The SMILES string of the molecule is Cc1ccc(O[C@@H]2CCN(c3cccc(C(=O)O)c3)C2=O)cc1. The summed E-state index contributed by atoms with van der Waals surface area (Å²) in [6, 6.07) is 13.9. The molecule has 1 saturated heterocycles. The van der Waals surface area contributed by atoms with E-state index in [0.29, 0.717) is 24.4 Å². The van der Waals surface area contributed by atoms with Gasteiger partial charge < -0.3 is 14.7 Å². The molecule has 0 spiro atoms. The number of carboxylic acid groups (broad SMARTS) is 1. The number of carboxylic acids is 1. The third-order valence-corrected chi connectivity index (χ3v) is 3.86. The second-order valence-corrected chi connectivity index (χ2v) is 5.55. The molecule has 5 nitrogen and oxygen atoms in total. The van der Waals surface area contributed by atoms with Crippen LogP contribution >= 0.6 is 0 Å². The van der Waals surface area contributed by atoms with E-state index in [1.165, 1.54) is 12.1 Å². The van der Waals surface area contributed by atoms with E-state index in [0.717, 1.165) is 5.56 Å². The first-order chi connectivity index (χ1) is 11.0. The van der Waals surface area contributed by atoms with Gasteiger partial charge in [0.05, 0.1) is 5.56 Å². The van der Waals surface area contributed by atoms with Gasteiger partial charge in [-0.2, -0.15) is 0 Å². The molecule has 1 aliphatic rings. The standard InChI is InChI=1S/C18H17NO4/c1-12-5-7-15(8-6-12)23-16-9-10-19(17(16)20)14-4-2-3-13(11-14)18(21)22/h2-8,11,16H,9-10H2,1H3,(H,21,22)/t16-/m1/s1. The van der Waals surface area contributed by atoms with Crippen LogP contribution < -0.4 is 9.64 Å². The fourth-order valence-corrected chi connectivity index (χ4v) is 2.61. The third kappa shape index (κ3) is 3.18. The van der Waals surface area contributed by atoms with Crippen LogP contribution in [0.15, 0.2) is 48.5 Å². The summed E-state index contributed by atoms with van der Waals surface area (Å²) >= 11 is 0. The van der Waals surface area contributed by atoms with Crippen molar-refractivity contribution in [2.45, 2.75) is 19.4 Å². The first-order valence-electron chi connectivity index (χ1n) is 7.42. The van der Waals surface area contributed by atoms with Crippen LogP contribution in [0.1, 0.15) is 22.3 Å². The van der Waals surface area contributed by atoms with Crippen LogP contribution in [-0.2, 0) is 4.79 Å². The average Bonchev–Trinajstić information content (AvgIpc) is 2.91. The molecule has 0 unspecified atom stereocenters. The fraction of sp³-hybridized carbons (Fsp3) is 0.222. The molecule has 0 saturated carbocycles. The van der Waals surface area contributed by atoms with Gasteiger partial charge in [0.2, 0.25) is 0 Å². The highest BCUT2D eigenvalue weighted by molar-refractivity contribution is 6.00. The van der Waals surface area contributed by atoms with Crippen molar-refractivity contribution in [1.82, 2.24) is 0 Å². The number of nitrogens with zero attached hydrogens (tertiary/aromatic N) is 1. The molecule has 1 amide bonds. The van der Waals surface area contributed by atoms with Crippen molar-refractivity contribution >= 4 is 17.6 Å². The molecule has 1 N–H and O–H groups in total. The van der Waals surface area contributed by atoms with Crippen LogP contribution in [0.5, 0.6) is 5.75 Å². The minimum Gasteiger partial charge on any atom is -0.481 e. The molecule has 2 aromatic rings. The zero-order valence-corrected chi connectivity index (χ0v) is 12.7. The molecule has 1 fully saturated rings. The molecular weight excluding hydrogens is 294 g/mol. The number of hydrogen-bond acceptors (Lipinski definition) is 3. The van der Waals surface area contributed by atoms with E-state index in [1.54, 1.807) is 17.0 Å². The maximum Gasteiger partial charge on any atom is 0.335 e. The van der Waals surface area contributed by atoms with E-state index in [-0.39, 0.29) is 11.5 Å². The van der Waals surface area contributed by atoms with Gasteiger partial charge in [0.25, 0.3) is 5.91 Å². The van der Waals surface area contributed by atoms with Crippen LogP contribution in [0.4, 0.5) is 5.69 Å². The fourth-order valence-electron chi connectivity index (χ4n) is 2.61. The normalized spacial score (nSPS) is 17.3. The summed E-state index contributed by atoms with van der Waals surface area (Å²) in [5, 5.41) is 9.06. The highest BCUT2D eigenvalue weighted by Crippen LogP contribution is 2.25. The Morgan fingerprint density at radius 2 is 1.96 bits per heavy atom. The smallest absolute Gasteiger partial charge is 0.335 e. The van der Waals surface area contributed by atoms with Crippen LogP contribution in [0.2, 0.25) is 0 Å². The van der Waals surface area contributed by atoms with E-state index < -0.39 is 12.1 Å². The maximum absolute atomic E-state index is 12.5. The van der Waals surface area contributed by atoms with Gasteiger partial charge in [0.15, 0.2) is 6.10 Å². The second kappa shape index (κ2) is 6.12.